The van der Waals surface area contributed by atoms with Crippen LogP contribution in [0.1, 0.15) is 35.8 Å². The highest BCUT2D eigenvalue weighted by atomic mass is 32.1. The first-order valence-electron chi connectivity index (χ1n) is 7.04. The Morgan fingerprint density at radius 3 is 2.90 bits per heavy atom. The zero-order valence-electron chi connectivity index (χ0n) is 12.3. The summed E-state index contributed by atoms with van der Waals surface area (Å²) in [5, 5.41) is 20.5. The van der Waals surface area contributed by atoms with Crippen molar-refractivity contribution >= 4 is 17.2 Å². The maximum atomic E-state index is 12.1. The zero-order valence-corrected chi connectivity index (χ0v) is 13.1. The van der Waals surface area contributed by atoms with E-state index in [4.69, 9.17) is 0 Å². The van der Waals surface area contributed by atoms with Gasteiger partial charge < -0.3 is 10.4 Å². The van der Waals surface area contributed by atoms with Crippen LogP contribution < -0.4 is 5.32 Å². The van der Waals surface area contributed by atoms with Crippen molar-refractivity contribution in [1.29, 1.82) is 0 Å². The van der Waals surface area contributed by atoms with Crippen molar-refractivity contribution in [1.82, 2.24) is 15.1 Å². The van der Waals surface area contributed by atoms with Gasteiger partial charge in [0, 0.05) is 31.3 Å². The third-order valence-corrected chi connectivity index (χ3v) is 4.04. The van der Waals surface area contributed by atoms with Gasteiger partial charge in [-0.25, -0.2) is 0 Å². The van der Waals surface area contributed by atoms with Crippen molar-refractivity contribution in [2.24, 2.45) is 5.92 Å². The van der Waals surface area contributed by atoms with Gasteiger partial charge in [-0.05, 0) is 42.7 Å². The predicted molar refractivity (Wildman–Crippen MR) is 83.5 cm³/mol. The average molecular weight is 307 g/mol. The lowest BCUT2D eigenvalue weighted by atomic mass is 10.0. The lowest BCUT2D eigenvalue weighted by molar-refractivity contribution is 0.0940. The fourth-order valence-electron chi connectivity index (χ4n) is 2.02. The molecule has 6 heteroatoms. The molecule has 2 aromatic rings. The number of hydrogen-bond acceptors (Lipinski definition) is 4. The second-order valence-electron chi connectivity index (χ2n) is 5.40. The molecular formula is C15H21N3O2S. The van der Waals surface area contributed by atoms with E-state index in [0.717, 1.165) is 6.42 Å². The number of carbonyl (C=O) groups is 1. The Kier molecular flexibility index (Phi) is 5.52. The van der Waals surface area contributed by atoms with Crippen LogP contribution in [0.15, 0.2) is 29.2 Å². The number of carbonyl (C=O) groups excluding carboxylic acids is 1. The molecule has 2 rings (SSSR count). The Balaban J connectivity index is 1.86. The number of aliphatic hydroxyl groups excluding tert-OH is 1. The molecule has 0 aromatic carbocycles. The van der Waals surface area contributed by atoms with Gasteiger partial charge in [0.15, 0.2) is 0 Å². The first-order chi connectivity index (χ1) is 10.1. The van der Waals surface area contributed by atoms with Crippen molar-refractivity contribution in [3.8, 4) is 0 Å². The molecule has 0 saturated heterocycles. The molecule has 2 aromatic heterocycles. The molecule has 0 aliphatic rings. The van der Waals surface area contributed by atoms with Crippen LogP contribution in [0.4, 0.5) is 0 Å². The largest absolute Gasteiger partial charge is 0.396 e. The highest BCUT2D eigenvalue weighted by Gasteiger charge is 2.13. The van der Waals surface area contributed by atoms with E-state index in [-0.39, 0.29) is 24.5 Å². The van der Waals surface area contributed by atoms with Crippen molar-refractivity contribution in [2.75, 3.05) is 13.2 Å². The maximum absolute atomic E-state index is 12.1. The minimum absolute atomic E-state index is 0.0312. The molecule has 0 saturated carbocycles. The molecule has 21 heavy (non-hydrogen) atoms. The molecule has 114 valence electrons. The van der Waals surface area contributed by atoms with E-state index in [1.165, 1.54) is 5.56 Å². The Morgan fingerprint density at radius 2 is 2.33 bits per heavy atom. The molecular weight excluding hydrogens is 286 g/mol. The van der Waals surface area contributed by atoms with Crippen molar-refractivity contribution in [3.63, 3.8) is 0 Å². The number of thiophene rings is 1. The molecule has 5 nitrogen and oxygen atoms in total. The van der Waals surface area contributed by atoms with E-state index in [0.29, 0.717) is 12.1 Å². The Hall–Kier alpha value is -1.66. The third-order valence-electron chi connectivity index (χ3n) is 3.31. The van der Waals surface area contributed by atoms with E-state index >= 15 is 0 Å². The van der Waals surface area contributed by atoms with Gasteiger partial charge in [0.1, 0.15) is 0 Å². The van der Waals surface area contributed by atoms with Crippen LogP contribution in [0.2, 0.25) is 0 Å². The van der Waals surface area contributed by atoms with E-state index in [9.17, 15) is 9.90 Å². The van der Waals surface area contributed by atoms with Gasteiger partial charge >= 0.3 is 0 Å². The molecule has 1 unspecified atom stereocenters. The molecule has 0 aliphatic heterocycles. The summed E-state index contributed by atoms with van der Waals surface area (Å²) >= 11 is 1.64. The van der Waals surface area contributed by atoms with Gasteiger partial charge in [0.05, 0.1) is 11.8 Å². The van der Waals surface area contributed by atoms with E-state index < -0.39 is 0 Å². The summed E-state index contributed by atoms with van der Waals surface area (Å²) in [7, 11) is 0. The van der Waals surface area contributed by atoms with Gasteiger partial charge in [-0.15, -0.1) is 0 Å². The quantitative estimate of drug-likeness (QED) is 0.823. The molecule has 2 N–H and O–H groups in total. The molecule has 2 heterocycles. The van der Waals surface area contributed by atoms with E-state index in [1.807, 2.05) is 25.3 Å². The summed E-state index contributed by atoms with van der Waals surface area (Å²) in [6.45, 7) is 4.54. The standard InChI is InChI=1S/C15H21N3O2S/c1-11(2)18-8-14(7-17-18)15(20)16-6-13(9-19)5-12-3-4-21-10-12/h3-4,7-8,10-11,13,19H,5-6,9H2,1-2H3,(H,16,20). The maximum Gasteiger partial charge on any atom is 0.254 e. The SMILES string of the molecule is CC(C)n1cc(C(=O)NCC(CO)Cc2ccsc2)cn1. The number of amides is 1. The number of aromatic nitrogens is 2. The molecule has 0 spiro atoms. The normalized spacial score (nSPS) is 12.6. The van der Waals surface area contributed by atoms with Crippen LogP contribution in [-0.4, -0.2) is 33.9 Å². The summed E-state index contributed by atoms with van der Waals surface area (Å²) in [5.41, 5.74) is 1.75. The Bertz CT molecular complexity index is 563. The van der Waals surface area contributed by atoms with Crippen molar-refractivity contribution in [2.45, 2.75) is 26.3 Å². The number of aliphatic hydroxyl groups is 1. The summed E-state index contributed by atoms with van der Waals surface area (Å²) in [4.78, 5) is 12.1. The van der Waals surface area contributed by atoms with Crippen LogP contribution in [0.3, 0.4) is 0 Å². The van der Waals surface area contributed by atoms with Crippen LogP contribution in [0.25, 0.3) is 0 Å². The minimum atomic E-state index is -0.148. The fourth-order valence-corrected chi connectivity index (χ4v) is 2.70. The average Bonchev–Trinajstić information content (AvgIpc) is 3.13. The summed E-state index contributed by atoms with van der Waals surface area (Å²) < 4.78 is 1.75. The molecule has 0 fully saturated rings. The summed E-state index contributed by atoms with van der Waals surface area (Å²) in [5.74, 6) is -0.116. The molecule has 0 bridgehead atoms. The fraction of sp³-hybridized carbons (Fsp3) is 0.467. The van der Waals surface area contributed by atoms with Crippen LogP contribution in [0, 0.1) is 5.92 Å². The summed E-state index contributed by atoms with van der Waals surface area (Å²) in [6.07, 6.45) is 4.08. The van der Waals surface area contributed by atoms with E-state index in [2.05, 4.69) is 15.8 Å². The topological polar surface area (TPSA) is 67.2 Å². The van der Waals surface area contributed by atoms with Crippen LogP contribution in [-0.2, 0) is 6.42 Å². The number of hydrogen-bond donors (Lipinski definition) is 2. The molecule has 1 atom stereocenters. The Morgan fingerprint density at radius 1 is 1.52 bits per heavy atom. The monoisotopic (exact) mass is 307 g/mol. The van der Waals surface area contributed by atoms with Crippen molar-refractivity contribution < 1.29 is 9.90 Å². The lowest BCUT2D eigenvalue weighted by Crippen LogP contribution is -2.31. The van der Waals surface area contributed by atoms with Crippen molar-refractivity contribution in [3.05, 3.63) is 40.3 Å². The predicted octanol–water partition coefficient (Wildman–Crippen LogP) is 2.11. The van der Waals surface area contributed by atoms with Crippen LogP contribution >= 0.6 is 11.3 Å². The van der Waals surface area contributed by atoms with Gasteiger partial charge in [-0.3, -0.25) is 9.48 Å². The molecule has 0 aliphatic carbocycles. The van der Waals surface area contributed by atoms with Crippen LogP contribution in [0.5, 0.6) is 0 Å². The van der Waals surface area contributed by atoms with Gasteiger partial charge in [-0.2, -0.15) is 16.4 Å². The minimum Gasteiger partial charge on any atom is -0.396 e. The number of rotatable bonds is 7. The smallest absolute Gasteiger partial charge is 0.254 e. The second-order valence-corrected chi connectivity index (χ2v) is 6.18. The zero-order chi connectivity index (χ0) is 15.2. The Labute approximate surface area is 128 Å². The highest BCUT2D eigenvalue weighted by Crippen LogP contribution is 2.12. The van der Waals surface area contributed by atoms with E-state index in [1.54, 1.807) is 28.4 Å². The number of nitrogens with zero attached hydrogens (tertiary/aromatic N) is 2. The highest BCUT2D eigenvalue weighted by molar-refractivity contribution is 7.07. The lowest BCUT2D eigenvalue weighted by Gasteiger charge is -2.14. The molecule has 0 radical (unpaired) electrons. The first kappa shape index (κ1) is 15.7. The third kappa shape index (κ3) is 4.41. The van der Waals surface area contributed by atoms with Gasteiger partial charge in [0.2, 0.25) is 0 Å². The summed E-state index contributed by atoms with van der Waals surface area (Å²) in [6, 6.07) is 2.28. The number of nitrogens with one attached hydrogen (secondary N) is 1. The van der Waals surface area contributed by atoms with Gasteiger partial charge in [-0.1, -0.05) is 0 Å². The first-order valence-corrected chi connectivity index (χ1v) is 7.98. The second kappa shape index (κ2) is 7.38. The molecule has 1 amide bonds. The van der Waals surface area contributed by atoms with Gasteiger partial charge in [0.25, 0.3) is 5.91 Å².